The largest absolute Gasteiger partial charge is 0.387 e. The quantitative estimate of drug-likeness (QED) is 0.347. The van der Waals surface area contributed by atoms with Crippen LogP contribution >= 0.6 is 12.4 Å². The standard InChI is InChI=1S/C22H32N6O.ClH.4H3N.4H2/c1-26(17-19(29)18-11-5-2-6-12-18)20-23-21(27-13-7-3-8-14-27)25-22(24-20)28-15-9-4-10-16-28;;;;;;;;;/h2,5-6,11-12,19,29H,3-4,7-10,13-17H2,1H3;1H;4*1H3;4*1H. The van der Waals surface area contributed by atoms with Crippen molar-refractivity contribution >= 4 is 30.3 Å². The first-order valence-electron chi connectivity index (χ1n) is 10.9. The van der Waals surface area contributed by atoms with Gasteiger partial charge in [0.05, 0.1) is 12.6 Å². The molecule has 34 heavy (non-hydrogen) atoms. The Morgan fingerprint density at radius 3 is 1.68 bits per heavy atom. The van der Waals surface area contributed by atoms with Gasteiger partial charge in [-0.25, -0.2) is 0 Å². The molecule has 204 valence electrons. The molecular weight excluding hydrogens is 456 g/mol. The van der Waals surface area contributed by atoms with Crippen molar-refractivity contribution in [3.05, 3.63) is 35.9 Å². The molecular formula is C22H53ClN10O. The lowest BCUT2D eigenvalue weighted by molar-refractivity contribution is 0.184. The first kappa shape index (κ1) is 33.9. The zero-order valence-electron chi connectivity index (χ0n) is 20.6. The number of benzene rings is 1. The molecule has 2 aliphatic heterocycles. The molecule has 2 aliphatic rings. The Hall–Kier alpha value is -2.28. The molecule has 11 nitrogen and oxygen atoms in total. The highest BCUT2D eigenvalue weighted by atomic mass is 35.5. The lowest BCUT2D eigenvalue weighted by Gasteiger charge is -2.31. The molecule has 1 aromatic heterocycles. The van der Waals surface area contributed by atoms with Crippen molar-refractivity contribution in [2.24, 2.45) is 0 Å². The maximum Gasteiger partial charge on any atom is 0.231 e. The van der Waals surface area contributed by atoms with Crippen LogP contribution < -0.4 is 39.3 Å². The number of piperidine rings is 2. The minimum absolute atomic E-state index is 0. The number of aliphatic hydroxyl groups excluding tert-OH is 1. The van der Waals surface area contributed by atoms with Crippen LogP contribution in [0.25, 0.3) is 0 Å². The van der Waals surface area contributed by atoms with Gasteiger partial charge in [-0.2, -0.15) is 15.0 Å². The van der Waals surface area contributed by atoms with Gasteiger partial charge in [0.25, 0.3) is 0 Å². The van der Waals surface area contributed by atoms with E-state index in [1.54, 1.807) is 0 Å². The Morgan fingerprint density at radius 2 is 1.24 bits per heavy atom. The monoisotopic (exact) mass is 508 g/mol. The van der Waals surface area contributed by atoms with E-state index >= 15 is 0 Å². The summed E-state index contributed by atoms with van der Waals surface area (Å²) in [7, 11) is 1.95. The SMILES string of the molecule is CN(CC(O)c1ccccc1)c1nc(N2CCCCC2)nc(N2CCCCC2)n1.Cl.N.N.N.N.[HH].[HH].[HH].[HH]. The molecule has 1 aromatic carbocycles. The fraction of sp³-hybridized carbons (Fsp3) is 0.591. The average molecular weight is 509 g/mol. The molecule has 2 aromatic rings. The van der Waals surface area contributed by atoms with E-state index in [-0.39, 0.29) is 42.7 Å². The van der Waals surface area contributed by atoms with Crippen LogP contribution in [0.15, 0.2) is 30.3 Å². The van der Waals surface area contributed by atoms with Crippen molar-refractivity contribution in [2.45, 2.75) is 44.6 Å². The molecule has 4 rings (SSSR count). The molecule has 12 heteroatoms. The van der Waals surface area contributed by atoms with E-state index in [9.17, 15) is 5.11 Å². The molecule has 0 bridgehead atoms. The lowest BCUT2D eigenvalue weighted by atomic mass is 10.1. The Morgan fingerprint density at radius 1 is 0.794 bits per heavy atom. The second kappa shape index (κ2) is 16.4. The van der Waals surface area contributed by atoms with Crippen LogP contribution in [-0.2, 0) is 0 Å². The van der Waals surface area contributed by atoms with Crippen molar-refractivity contribution in [3.63, 3.8) is 0 Å². The number of halogens is 1. The molecule has 0 amide bonds. The Balaban J connectivity index is -0.000000284. The highest BCUT2D eigenvalue weighted by molar-refractivity contribution is 5.85. The Kier molecular flexibility index (Phi) is 16.3. The van der Waals surface area contributed by atoms with Gasteiger partial charge >= 0.3 is 0 Å². The number of likely N-dealkylation sites (N-methyl/N-ethyl adjacent to an activating group) is 1. The zero-order chi connectivity index (χ0) is 20.1. The van der Waals surface area contributed by atoms with E-state index in [1.807, 2.05) is 42.3 Å². The van der Waals surface area contributed by atoms with E-state index in [2.05, 4.69) is 9.80 Å². The summed E-state index contributed by atoms with van der Waals surface area (Å²) < 4.78 is 0. The van der Waals surface area contributed by atoms with Crippen LogP contribution in [0.4, 0.5) is 17.8 Å². The van der Waals surface area contributed by atoms with Crippen molar-refractivity contribution < 1.29 is 10.8 Å². The number of anilines is 3. The molecule has 0 saturated carbocycles. The second-order valence-electron chi connectivity index (χ2n) is 8.14. The average Bonchev–Trinajstić information content (AvgIpc) is 2.80. The lowest BCUT2D eigenvalue weighted by Crippen LogP contribution is -2.35. The van der Waals surface area contributed by atoms with E-state index in [4.69, 9.17) is 15.0 Å². The minimum atomic E-state index is -0.588. The van der Waals surface area contributed by atoms with E-state index in [0.29, 0.717) is 12.5 Å². The molecule has 1 atom stereocenters. The number of nitrogens with zero attached hydrogens (tertiary/aromatic N) is 6. The van der Waals surface area contributed by atoms with Gasteiger partial charge in [-0.15, -0.1) is 12.4 Å². The van der Waals surface area contributed by atoms with Gasteiger partial charge in [0.1, 0.15) is 0 Å². The van der Waals surface area contributed by atoms with Gasteiger partial charge in [0.15, 0.2) is 0 Å². The van der Waals surface area contributed by atoms with Gasteiger partial charge in [-0.05, 0) is 44.1 Å². The highest BCUT2D eigenvalue weighted by Crippen LogP contribution is 2.24. The Labute approximate surface area is 216 Å². The summed E-state index contributed by atoms with van der Waals surface area (Å²) in [5, 5.41) is 10.7. The molecule has 2 fully saturated rings. The van der Waals surface area contributed by atoms with E-state index in [0.717, 1.165) is 43.6 Å². The van der Waals surface area contributed by atoms with Crippen LogP contribution in [0.3, 0.4) is 0 Å². The molecule has 2 saturated heterocycles. The second-order valence-corrected chi connectivity index (χ2v) is 8.14. The maximum absolute atomic E-state index is 10.7. The van der Waals surface area contributed by atoms with Gasteiger partial charge < -0.3 is 44.4 Å². The summed E-state index contributed by atoms with van der Waals surface area (Å²) in [5.74, 6) is 2.18. The van der Waals surface area contributed by atoms with Crippen LogP contribution in [0.5, 0.6) is 0 Å². The summed E-state index contributed by atoms with van der Waals surface area (Å²) in [6.45, 7) is 4.43. The first-order valence-corrected chi connectivity index (χ1v) is 10.9. The zero-order valence-corrected chi connectivity index (χ0v) is 21.4. The normalized spacial score (nSPS) is 15.8. The topological polar surface area (TPSA) is 209 Å². The first-order chi connectivity index (χ1) is 14.2. The van der Waals surface area contributed by atoms with Crippen molar-refractivity contribution in [1.29, 1.82) is 0 Å². The number of hydrogen-bond acceptors (Lipinski definition) is 11. The molecule has 0 radical (unpaired) electrons. The summed E-state index contributed by atoms with van der Waals surface area (Å²) in [6, 6.07) is 9.75. The predicted octanol–water partition coefficient (Wildman–Crippen LogP) is 5.08. The number of aromatic nitrogens is 3. The maximum atomic E-state index is 10.7. The molecule has 0 spiro atoms. The molecule has 1 unspecified atom stereocenters. The smallest absolute Gasteiger partial charge is 0.231 e. The fourth-order valence-corrected chi connectivity index (χ4v) is 4.11. The van der Waals surface area contributed by atoms with Crippen LogP contribution in [0.2, 0.25) is 0 Å². The highest BCUT2D eigenvalue weighted by Gasteiger charge is 2.22. The van der Waals surface area contributed by atoms with Gasteiger partial charge in [-0.1, -0.05) is 30.3 Å². The fourth-order valence-electron chi connectivity index (χ4n) is 4.11. The third-order valence-corrected chi connectivity index (χ3v) is 5.85. The minimum Gasteiger partial charge on any atom is -0.387 e. The van der Waals surface area contributed by atoms with Crippen molar-refractivity contribution in [2.75, 3.05) is 54.5 Å². The summed E-state index contributed by atoms with van der Waals surface area (Å²) in [4.78, 5) is 20.9. The van der Waals surface area contributed by atoms with Gasteiger partial charge in [-0.3, -0.25) is 0 Å². The van der Waals surface area contributed by atoms with E-state index < -0.39 is 6.10 Å². The Bertz CT molecular complexity index is 771. The molecule has 13 N–H and O–H groups in total. The van der Waals surface area contributed by atoms with Crippen molar-refractivity contribution in [3.8, 4) is 0 Å². The predicted molar refractivity (Wildman–Crippen MR) is 152 cm³/mol. The third-order valence-electron chi connectivity index (χ3n) is 5.85. The van der Waals surface area contributed by atoms with Crippen molar-refractivity contribution in [1.82, 2.24) is 39.6 Å². The molecule has 0 aliphatic carbocycles. The van der Waals surface area contributed by atoms with Crippen LogP contribution in [0.1, 0.15) is 55.9 Å². The third kappa shape index (κ3) is 8.49. The number of rotatable bonds is 6. The summed E-state index contributed by atoms with van der Waals surface area (Å²) in [5.41, 5.74) is 0.904. The summed E-state index contributed by atoms with van der Waals surface area (Å²) in [6.07, 6.45) is 6.69. The number of hydrogen-bond donors (Lipinski definition) is 5. The van der Waals surface area contributed by atoms with Gasteiger partial charge in [0.2, 0.25) is 17.8 Å². The number of aliphatic hydroxyl groups is 1. The van der Waals surface area contributed by atoms with Crippen LogP contribution in [-0.4, -0.2) is 59.8 Å². The van der Waals surface area contributed by atoms with E-state index in [1.165, 1.54) is 38.5 Å². The van der Waals surface area contributed by atoms with Crippen LogP contribution in [0, 0.1) is 0 Å². The van der Waals surface area contributed by atoms with Gasteiger partial charge in [0, 0.05) is 38.9 Å². The molecule has 3 heterocycles. The summed E-state index contributed by atoms with van der Waals surface area (Å²) >= 11 is 0.